The monoisotopic (exact) mass is 594 g/mol. The van der Waals surface area contributed by atoms with Crippen LogP contribution in [0.1, 0.15) is 0 Å². The van der Waals surface area contributed by atoms with E-state index < -0.39 is 0 Å². The molecule has 44 heavy (non-hydrogen) atoms. The molecule has 0 amide bonds. The number of fused-ring (bicyclic) bond motifs is 6. The van der Waals surface area contributed by atoms with Gasteiger partial charge in [-0.05, 0) is 93.0 Å². The average Bonchev–Trinajstić information content (AvgIpc) is 3.64. The summed E-state index contributed by atoms with van der Waals surface area (Å²) in [5, 5.41) is 5.35. The van der Waals surface area contributed by atoms with Gasteiger partial charge in [-0.2, -0.15) is 0 Å². The summed E-state index contributed by atoms with van der Waals surface area (Å²) >= 11 is 3.79. The first-order valence-electron chi connectivity index (χ1n) is 14.9. The van der Waals surface area contributed by atoms with E-state index in [1.54, 1.807) is 0 Å². The van der Waals surface area contributed by atoms with E-state index in [2.05, 4.69) is 158 Å². The minimum absolute atomic E-state index is 1.24. The van der Waals surface area contributed by atoms with E-state index in [4.69, 9.17) is 0 Å². The second-order valence-corrected chi connectivity index (χ2v) is 13.5. The van der Waals surface area contributed by atoms with Crippen LogP contribution >= 0.6 is 22.7 Å². The van der Waals surface area contributed by atoms with Crippen molar-refractivity contribution in [1.29, 1.82) is 0 Å². The first-order valence-corrected chi connectivity index (χ1v) is 16.5. The maximum atomic E-state index is 2.44. The number of thiophene rings is 2. The summed E-state index contributed by atoms with van der Waals surface area (Å²) in [6.07, 6.45) is 0. The minimum Gasteiger partial charge on any atom is -0.135 e. The van der Waals surface area contributed by atoms with Crippen LogP contribution < -0.4 is 0 Å². The lowest BCUT2D eigenvalue weighted by atomic mass is 9.97. The van der Waals surface area contributed by atoms with Crippen LogP contribution in [0, 0.1) is 0 Å². The first-order chi connectivity index (χ1) is 21.8. The lowest BCUT2D eigenvalue weighted by Crippen LogP contribution is -1.81. The van der Waals surface area contributed by atoms with Crippen molar-refractivity contribution in [3.63, 3.8) is 0 Å². The first kappa shape index (κ1) is 25.5. The molecule has 206 valence electrons. The Morgan fingerprint density at radius 3 is 1.05 bits per heavy atom. The van der Waals surface area contributed by atoms with E-state index in [1.807, 2.05) is 22.7 Å². The Balaban J connectivity index is 1.16. The Morgan fingerprint density at radius 1 is 0.227 bits per heavy atom. The maximum absolute atomic E-state index is 2.44. The number of hydrogen-bond acceptors (Lipinski definition) is 2. The third-order valence-corrected chi connectivity index (χ3v) is 10.9. The van der Waals surface area contributed by atoms with Crippen LogP contribution in [0.2, 0.25) is 0 Å². The van der Waals surface area contributed by atoms with Crippen LogP contribution in [-0.4, -0.2) is 0 Å². The van der Waals surface area contributed by atoms with Crippen molar-refractivity contribution >= 4 is 63.0 Å². The highest BCUT2D eigenvalue weighted by molar-refractivity contribution is 7.28. The molecule has 7 aromatic carbocycles. The fraction of sp³-hybridized carbons (Fsp3) is 0. The number of benzene rings is 7. The summed E-state index contributed by atoms with van der Waals surface area (Å²) in [6, 6.07) is 57.8. The standard InChI is InChI=1S/C42H26S2/c1-3-9-27(10-4-1)29-13-7-15-31(21-29)33-17-19-39-35(23-33)37-25-38-36-24-34(18-20-40(36)44-42(38)26-41(37)43-39)32-16-8-14-30(22-32)28-11-5-2-6-12-28/h1-26H. The molecule has 2 heterocycles. The van der Waals surface area contributed by atoms with Crippen molar-refractivity contribution < 1.29 is 0 Å². The van der Waals surface area contributed by atoms with Gasteiger partial charge in [-0.15, -0.1) is 22.7 Å². The molecule has 0 bridgehead atoms. The zero-order valence-corrected chi connectivity index (χ0v) is 25.5. The van der Waals surface area contributed by atoms with Gasteiger partial charge in [0.05, 0.1) is 0 Å². The summed E-state index contributed by atoms with van der Waals surface area (Å²) < 4.78 is 5.38. The van der Waals surface area contributed by atoms with Gasteiger partial charge in [-0.25, -0.2) is 0 Å². The van der Waals surface area contributed by atoms with Gasteiger partial charge < -0.3 is 0 Å². The van der Waals surface area contributed by atoms with Crippen LogP contribution in [0.5, 0.6) is 0 Å². The molecular formula is C42H26S2. The van der Waals surface area contributed by atoms with Gasteiger partial charge in [0, 0.05) is 40.3 Å². The topological polar surface area (TPSA) is 0 Å². The Morgan fingerprint density at radius 2 is 0.591 bits per heavy atom. The van der Waals surface area contributed by atoms with Crippen LogP contribution in [0.3, 0.4) is 0 Å². The van der Waals surface area contributed by atoms with Crippen LogP contribution in [-0.2, 0) is 0 Å². The highest BCUT2D eigenvalue weighted by atomic mass is 32.1. The normalized spacial score (nSPS) is 11.6. The van der Waals surface area contributed by atoms with Crippen molar-refractivity contribution in [1.82, 2.24) is 0 Å². The summed E-state index contributed by atoms with van der Waals surface area (Å²) in [5.74, 6) is 0. The molecular weight excluding hydrogens is 569 g/mol. The van der Waals surface area contributed by atoms with E-state index in [9.17, 15) is 0 Å². The molecule has 0 aliphatic rings. The second kappa shape index (κ2) is 10.3. The zero-order valence-electron chi connectivity index (χ0n) is 23.8. The second-order valence-electron chi connectivity index (χ2n) is 11.4. The van der Waals surface area contributed by atoms with E-state index in [-0.39, 0.29) is 0 Å². The predicted octanol–water partition coefficient (Wildman–Crippen LogP) is 13.1. The Hall–Kier alpha value is -5.02. The summed E-state index contributed by atoms with van der Waals surface area (Å²) in [6.45, 7) is 0. The van der Waals surface area contributed by atoms with Gasteiger partial charge in [0.25, 0.3) is 0 Å². The summed E-state index contributed by atoms with van der Waals surface area (Å²) in [7, 11) is 0. The van der Waals surface area contributed by atoms with Crippen LogP contribution in [0.4, 0.5) is 0 Å². The van der Waals surface area contributed by atoms with E-state index in [0.29, 0.717) is 0 Å². The molecule has 0 aliphatic carbocycles. The molecule has 0 nitrogen and oxygen atoms in total. The zero-order chi connectivity index (χ0) is 29.0. The lowest BCUT2D eigenvalue weighted by molar-refractivity contribution is 1.60. The van der Waals surface area contributed by atoms with E-state index in [1.165, 1.54) is 84.9 Å². The predicted molar refractivity (Wildman–Crippen MR) is 194 cm³/mol. The molecule has 0 aliphatic heterocycles. The molecule has 2 aromatic heterocycles. The van der Waals surface area contributed by atoms with Gasteiger partial charge >= 0.3 is 0 Å². The maximum Gasteiger partial charge on any atom is 0.0369 e. The number of hydrogen-bond donors (Lipinski definition) is 0. The molecule has 0 saturated heterocycles. The van der Waals surface area contributed by atoms with Crippen molar-refractivity contribution in [3.05, 3.63) is 158 Å². The van der Waals surface area contributed by atoms with Gasteiger partial charge in [0.15, 0.2) is 0 Å². The Bertz CT molecular complexity index is 2310. The SMILES string of the molecule is c1ccc(-c2cccc(-c3ccc4sc5cc6sc7ccc(-c8cccc(-c9ccccc9)c8)cc7c6cc5c4c3)c2)cc1. The van der Waals surface area contributed by atoms with Crippen molar-refractivity contribution in [3.8, 4) is 44.5 Å². The minimum atomic E-state index is 1.24. The Kier molecular flexibility index (Phi) is 5.97. The summed E-state index contributed by atoms with van der Waals surface area (Å²) in [4.78, 5) is 0. The molecule has 9 aromatic rings. The van der Waals surface area contributed by atoms with Crippen LogP contribution in [0.25, 0.3) is 84.9 Å². The van der Waals surface area contributed by atoms with Gasteiger partial charge in [0.2, 0.25) is 0 Å². The fourth-order valence-corrected chi connectivity index (χ4v) is 8.71. The lowest BCUT2D eigenvalue weighted by Gasteiger charge is -2.07. The highest BCUT2D eigenvalue weighted by Gasteiger charge is 2.13. The van der Waals surface area contributed by atoms with E-state index in [0.717, 1.165) is 0 Å². The fourth-order valence-electron chi connectivity index (χ4n) is 6.42. The van der Waals surface area contributed by atoms with E-state index >= 15 is 0 Å². The van der Waals surface area contributed by atoms with Crippen molar-refractivity contribution in [2.45, 2.75) is 0 Å². The molecule has 0 radical (unpaired) electrons. The summed E-state index contributed by atoms with van der Waals surface area (Å²) in [5.41, 5.74) is 9.99. The van der Waals surface area contributed by atoms with Gasteiger partial charge in [-0.1, -0.05) is 109 Å². The third kappa shape index (κ3) is 4.34. The third-order valence-electron chi connectivity index (χ3n) is 8.67. The highest BCUT2D eigenvalue weighted by Crippen LogP contribution is 2.43. The number of rotatable bonds is 4. The molecule has 9 rings (SSSR count). The van der Waals surface area contributed by atoms with Crippen molar-refractivity contribution in [2.75, 3.05) is 0 Å². The Labute approximate surface area is 264 Å². The van der Waals surface area contributed by atoms with Gasteiger partial charge in [0.1, 0.15) is 0 Å². The smallest absolute Gasteiger partial charge is 0.0369 e. The molecule has 0 unspecified atom stereocenters. The molecule has 0 fully saturated rings. The van der Waals surface area contributed by atoms with Gasteiger partial charge in [-0.3, -0.25) is 0 Å². The van der Waals surface area contributed by atoms with Crippen LogP contribution in [0.15, 0.2) is 158 Å². The van der Waals surface area contributed by atoms with Crippen molar-refractivity contribution in [2.24, 2.45) is 0 Å². The largest absolute Gasteiger partial charge is 0.135 e. The molecule has 2 heteroatoms. The molecule has 0 saturated carbocycles. The quantitative estimate of drug-likeness (QED) is 0.190. The average molecular weight is 595 g/mol. The molecule has 0 spiro atoms. The molecule has 0 N–H and O–H groups in total. The molecule has 0 atom stereocenters.